The first-order chi connectivity index (χ1) is 18.2. The molecule has 2 saturated heterocycles. The van der Waals surface area contributed by atoms with Gasteiger partial charge in [-0.3, -0.25) is 14.5 Å². The van der Waals surface area contributed by atoms with Gasteiger partial charge in [0.2, 0.25) is 0 Å². The van der Waals surface area contributed by atoms with Crippen LogP contribution in [0.15, 0.2) is 42.7 Å². The summed E-state index contributed by atoms with van der Waals surface area (Å²) in [6.07, 6.45) is 3.92. The van der Waals surface area contributed by atoms with E-state index < -0.39 is 11.5 Å². The second-order valence-corrected chi connectivity index (χ2v) is 11.3. The zero-order valence-corrected chi connectivity index (χ0v) is 22.1. The van der Waals surface area contributed by atoms with Crippen molar-refractivity contribution in [3.8, 4) is 0 Å². The van der Waals surface area contributed by atoms with Gasteiger partial charge in [0.05, 0.1) is 19.8 Å². The maximum atomic E-state index is 13.7. The Morgan fingerprint density at radius 1 is 1.21 bits per heavy atom. The Labute approximate surface area is 222 Å². The molecule has 0 radical (unpaired) electrons. The molecule has 6 rings (SSSR count). The smallest absolute Gasteiger partial charge is 0.323 e. The zero-order chi connectivity index (χ0) is 26.7. The number of aryl methyl sites for hydroxylation is 2. The predicted molar refractivity (Wildman–Crippen MR) is 141 cm³/mol. The Morgan fingerprint density at radius 3 is 2.71 bits per heavy atom. The van der Waals surface area contributed by atoms with Crippen LogP contribution in [0.2, 0.25) is 0 Å². The van der Waals surface area contributed by atoms with E-state index in [1.54, 1.807) is 13.3 Å². The number of carbonyl (C=O) groups excluding carboxylic acids is 1. The largest absolute Gasteiger partial charge is 0.480 e. The first kappa shape index (κ1) is 24.8. The molecule has 0 unspecified atom stereocenters. The van der Waals surface area contributed by atoms with Gasteiger partial charge >= 0.3 is 5.97 Å². The summed E-state index contributed by atoms with van der Waals surface area (Å²) in [4.78, 5) is 29.5. The fourth-order valence-electron chi connectivity index (χ4n) is 6.20. The van der Waals surface area contributed by atoms with Crippen molar-refractivity contribution >= 4 is 17.6 Å². The summed E-state index contributed by atoms with van der Waals surface area (Å²) in [5.74, 6) is 0.101. The summed E-state index contributed by atoms with van der Waals surface area (Å²) in [7, 11) is 1.95. The number of carboxylic acid groups (broad SMARTS) is 1. The molecule has 1 atom stereocenters. The van der Waals surface area contributed by atoms with Crippen LogP contribution in [0.25, 0.3) is 0 Å². The number of benzene rings is 2. The van der Waals surface area contributed by atoms with Crippen molar-refractivity contribution in [1.29, 1.82) is 0 Å². The predicted octanol–water partition coefficient (Wildman–Crippen LogP) is 3.23. The van der Waals surface area contributed by atoms with E-state index in [1.807, 2.05) is 46.5 Å². The number of carbonyl (C=O) groups is 2. The average molecular weight is 516 g/mol. The molecule has 0 bridgehead atoms. The van der Waals surface area contributed by atoms with E-state index >= 15 is 0 Å². The van der Waals surface area contributed by atoms with Crippen LogP contribution in [0, 0.1) is 6.92 Å². The third-order valence-electron chi connectivity index (χ3n) is 8.78. The Kier molecular flexibility index (Phi) is 5.88. The van der Waals surface area contributed by atoms with Gasteiger partial charge in [0, 0.05) is 36.7 Å². The number of aliphatic carboxylic acids is 1. The van der Waals surface area contributed by atoms with E-state index in [1.165, 1.54) is 0 Å². The highest BCUT2D eigenvalue weighted by molar-refractivity contribution is 6.10. The van der Waals surface area contributed by atoms with Gasteiger partial charge in [0.25, 0.3) is 5.91 Å². The standard InChI is InChI=1S/C29H33N5O4/c1-19-10-20(14-33-9-5-8-28(33,2)27(36)37)11-23-24(19)15-34(26(23)35)22-7-4-6-21(12-22)29(16-38-17-29)13-25-31-30-18-32(25)3/h4,6-7,10-12,18H,5,8-9,13-17H2,1-3H3,(H,36,37)/t28-/m0/s1. The van der Waals surface area contributed by atoms with Gasteiger partial charge in [0.1, 0.15) is 17.7 Å². The van der Waals surface area contributed by atoms with Gasteiger partial charge in [-0.15, -0.1) is 10.2 Å². The zero-order valence-electron chi connectivity index (χ0n) is 22.1. The molecule has 0 spiro atoms. The number of anilines is 1. The van der Waals surface area contributed by atoms with Gasteiger partial charge in [0.15, 0.2) is 0 Å². The van der Waals surface area contributed by atoms with Crippen molar-refractivity contribution in [3.05, 3.63) is 76.4 Å². The van der Waals surface area contributed by atoms with Crippen molar-refractivity contribution < 1.29 is 19.4 Å². The Hall–Kier alpha value is -3.56. The third kappa shape index (κ3) is 3.92. The first-order valence-corrected chi connectivity index (χ1v) is 13.1. The van der Waals surface area contributed by atoms with Gasteiger partial charge in [-0.25, -0.2) is 0 Å². The number of amides is 1. The molecule has 2 aromatic carbocycles. The normalized spacial score (nSPS) is 22.5. The number of fused-ring (bicyclic) bond motifs is 1. The van der Waals surface area contributed by atoms with Crippen LogP contribution in [0.5, 0.6) is 0 Å². The lowest BCUT2D eigenvalue weighted by Crippen LogP contribution is -2.49. The average Bonchev–Trinajstić information content (AvgIpc) is 3.55. The molecule has 2 fully saturated rings. The van der Waals surface area contributed by atoms with Crippen molar-refractivity contribution in [2.75, 3.05) is 24.7 Å². The minimum atomic E-state index is -0.865. The minimum Gasteiger partial charge on any atom is -0.480 e. The molecule has 1 aromatic heterocycles. The number of hydrogen-bond donors (Lipinski definition) is 1. The van der Waals surface area contributed by atoms with E-state index in [2.05, 4.69) is 28.4 Å². The maximum absolute atomic E-state index is 13.7. The van der Waals surface area contributed by atoms with Crippen LogP contribution in [0.1, 0.15) is 58.2 Å². The molecular formula is C29H33N5O4. The van der Waals surface area contributed by atoms with Crippen molar-refractivity contribution in [2.45, 2.75) is 57.2 Å². The topological polar surface area (TPSA) is 101 Å². The van der Waals surface area contributed by atoms with Gasteiger partial charge in [-0.2, -0.15) is 0 Å². The molecule has 198 valence electrons. The highest BCUT2D eigenvalue weighted by atomic mass is 16.5. The van der Waals surface area contributed by atoms with Crippen LogP contribution >= 0.6 is 0 Å². The first-order valence-electron chi connectivity index (χ1n) is 13.1. The molecule has 38 heavy (non-hydrogen) atoms. The van der Waals surface area contributed by atoms with Crippen LogP contribution in [0.3, 0.4) is 0 Å². The molecule has 0 aliphatic carbocycles. The summed E-state index contributed by atoms with van der Waals surface area (Å²) in [6.45, 7) is 6.82. The molecule has 1 amide bonds. The van der Waals surface area contributed by atoms with Crippen molar-refractivity contribution in [1.82, 2.24) is 19.7 Å². The second-order valence-electron chi connectivity index (χ2n) is 11.3. The fraction of sp³-hybridized carbons (Fsp3) is 0.448. The lowest BCUT2D eigenvalue weighted by atomic mass is 9.75. The van der Waals surface area contributed by atoms with Crippen molar-refractivity contribution in [2.24, 2.45) is 7.05 Å². The quantitative estimate of drug-likeness (QED) is 0.516. The van der Waals surface area contributed by atoms with Crippen LogP contribution in [-0.2, 0) is 41.5 Å². The van der Waals surface area contributed by atoms with E-state index in [0.717, 1.165) is 53.2 Å². The lowest BCUT2D eigenvalue weighted by Gasteiger charge is -2.42. The van der Waals surface area contributed by atoms with Crippen LogP contribution in [-0.4, -0.2) is 61.9 Å². The number of carboxylic acids is 1. The highest BCUT2D eigenvalue weighted by Gasteiger charge is 2.44. The number of ether oxygens (including phenoxy) is 1. The summed E-state index contributed by atoms with van der Waals surface area (Å²) in [6, 6.07) is 12.3. The van der Waals surface area contributed by atoms with E-state index in [9.17, 15) is 14.7 Å². The lowest BCUT2D eigenvalue weighted by molar-refractivity contribution is -0.148. The summed E-state index contributed by atoms with van der Waals surface area (Å²) in [5, 5.41) is 18.1. The van der Waals surface area contributed by atoms with Crippen LogP contribution in [0.4, 0.5) is 5.69 Å². The molecule has 4 heterocycles. The van der Waals surface area contributed by atoms with Crippen LogP contribution < -0.4 is 4.90 Å². The van der Waals surface area contributed by atoms with Gasteiger partial charge in [-0.05, 0) is 73.7 Å². The summed E-state index contributed by atoms with van der Waals surface area (Å²) >= 11 is 0. The number of likely N-dealkylation sites (tertiary alicyclic amines) is 1. The molecular weight excluding hydrogens is 482 g/mol. The second kappa shape index (κ2) is 9.03. The molecule has 3 aliphatic heterocycles. The van der Waals surface area contributed by atoms with Crippen molar-refractivity contribution in [3.63, 3.8) is 0 Å². The number of nitrogens with zero attached hydrogens (tertiary/aromatic N) is 5. The number of hydrogen-bond acceptors (Lipinski definition) is 6. The molecule has 9 nitrogen and oxygen atoms in total. The molecule has 3 aliphatic rings. The fourth-order valence-corrected chi connectivity index (χ4v) is 6.20. The Morgan fingerprint density at radius 2 is 2.03 bits per heavy atom. The number of aromatic nitrogens is 3. The number of rotatable bonds is 7. The van der Waals surface area contributed by atoms with E-state index in [0.29, 0.717) is 38.3 Å². The molecule has 1 N–H and O–H groups in total. The minimum absolute atomic E-state index is 0.0169. The van der Waals surface area contributed by atoms with E-state index in [-0.39, 0.29) is 11.3 Å². The maximum Gasteiger partial charge on any atom is 0.323 e. The van der Waals surface area contributed by atoms with Gasteiger partial charge < -0.3 is 19.3 Å². The van der Waals surface area contributed by atoms with E-state index in [4.69, 9.17) is 4.74 Å². The third-order valence-corrected chi connectivity index (χ3v) is 8.78. The monoisotopic (exact) mass is 515 g/mol. The van der Waals surface area contributed by atoms with Gasteiger partial charge in [-0.1, -0.05) is 18.2 Å². The molecule has 3 aromatic rings. The summed E-state index contributed by atoms with van der Waals surface area (Å²) in [5.41, 5.74) is 4.73. The Bertz CT molecular complexity index is 1430. The molecule has 0 saturated carbocycles. The SMILES string of the molecule is Cc1cc(CN2CCC[C@@]2(C)C(=O)O)cc2c1CN(c1cccc(C3(Cc4nncn4C)COC3)c1)C2=O. The summed E-state index contributed by atoms with van der Waals surface area (Å²) < 4.78 is 7.59. The highest BCUT2D eigenvalue weighted by Crippen LogP contribution is 2.39. The molecule has 9 heteroatoms. The Balaban J connectivity index is 1.26.